The molecule has 3 rings (SSSR count). The van der Waals surface area contributed by atoms with Crippen molar-refractivity contribution in [3.63, 3.8) is 0 Å². The van der Waals surface area contributed by atoms with Gasteiger partial charge in [0.15, 0.2) is 11.9 Å². The predicted molar refractivity (Wildman–Crippen MR) is 125 cm³/mol. The number of carbonyl (C=O) groups is 1. The molecular weight excluding hydrogens is 482 g/mol. The smallest absolute Gasteiger partial charge is 0.459 e. The average molecular weight is 512 g/mol. The maximum atomic E-state index is 15.3. The third-order valence-corrected chi connectivity index (χ3v) is 6.67. The van der Waals surface area contributed by atoms with Crippen molar-refractivity contribution in [3.05, 3.63) is 53.1 Å². The van der Waals surface area contributed by atoms with Gasteiger partial charge in [-0.15, -0.1) is 0 Å². The standard InChI is InChI=1S/C22H30FN4O7P/c1-14(2)32-19(28)15(3)26-35(30,34-16-8-6-5-7-9-16)31-13-17-12-22(4,23)20(33-17)27-11-10-18(24)25-21(27)29/h5-11,14-15,17,20H,12-13H2,1-4H3,(H,26,30)(H2,24,25,29). The molecule has 0 amide bonds. The van der Waals surface area contributed by atoms with Crippen molar-refractivity contribution < 1.29 is 32.3 Å². The number of anilines is 1. The van der Waals surface area contributed by atoms with Crippen LogP contribution in [0.4, 0.5) is 10.2 Å². The summed E-state index contributed by atoms with van der Waals surface area (Å²) in [4.78, 5) is 28.0. The van der Waals surface area contributed by atoms with Gasteiger partial charge in [-0.05, 0) is 45.9 Å². The Morgan fingerprint density at radius 3 is 2.66 bits per heavy atom. The minimum atomic E-state index is -4.15. The molecule has 13 heteroatoms. The van der Waals surface area contributed by atoms with Crippen LogP contribution >= 0.6 is 7.75 Å². The molecule has 1 saturated heterocycles. The van der Waals surface area contributed by atoms with Crippen molar-refractivity contribution in [1.82, 2.24) is 14.6 Å². The van der Waals surface area contributed by atoms with Gasteiger partial charge in [-0.3, -0.25) is 13.9 Å². The fourth-order valence-electron chi connectivity index (χ4n) is 3.49. The number of carbonyl (C=O) groups excluding carboxylic acids is 1. The lowest BCUT2D eigenvalue weighted by molar-refractivity contribution is -0.149. The summed E-state index contributed by atoms with van der Waals surface area (Å²) in [6.07, 6.45) is -1.42. The fraction of sp³-hybridized carbons (Fsp3) is 0.500. The summed E-state index contributed by atoms with van der Waals surface area (Å²) in [5, 5.41) is 2.56. The predicted octanol–water partition coefficient (Wildman–Crippen LogP) is 2.97. The van der Waals surface area contributed by atoms with Gasteiger partial charge in [-0.25, -0.2) is 13.8 Å². The van der Waals surface area contributed by atoms with Crippen LogP contribution in [0.2, 0.25) is 0 Å². The zero-order chi connectivity index (χ0) is 25.8. The van der Waals surface area contributed by atoms with Gasteiger partial charge < -0.3 is 19.7 Å². The lowest BCUT2D eigenvalue weighted by Crippen LogP contribution is -2.36. The van der Waals surface area contributed by atoms with E-state index < -0.39 is 43.4 Å². The summed E-state index contributed by atoms with van der Waals surface area (Å²) in [6.45, 7) is 5.76. The number of para-hydroxylation sites is 1. The zero-order valence-corrected chi connectivity index (χ0v) is 20.8. The van der Waals surface area contributed by atoms with Crippen LogP contribution in [-0.2, 0) is 23.4 Å². The van der Waals surface area contributed by atoms with Crippen LogP contribution in [0.15, 0.2) is 47.4 Å². The number of benzene rings is 1. The number of halogens is 1. The first-order valence-electron chi connectivity index (χ1n) is 11.0. The van der Waals surface area contributed by atoms with Gasteiger partial charge in [0.25, 0.3) is 0 Å². The van der Waals surface area contributed by atoms with E-state index in [4.69, 9.17) is 24.3 Å². The maximum Gasteiger partial charge on any atom is 0.459 e. The number of nitrogens with zero attached hydrogens (tertiary/aromatic N) is 2. The molecule has 3 N–H and O–H groups in total. The summed E-state index contributed by atoms with van der Waals surface area (Å²) >= 11 is 0. The molecule has 11 nitrogen and oxygen atoms in total. The molecule has 192 valence electrons. The molecule has 5 atom stereocenters. The lowest BCUT2D eigenvalue weighted by atomic mass is 10.0. The number of alkyl halides is 1. The topological polar surface area (TPSA) is 144 Å². The van der Waals surface area contributed by atoms with Crippen molar-refractivity contribution in [2.24, 2.45) is 0 Å². The van der Waals surface area contributed by atoms with Crippen molar-refractivity contribution in [3.8, 4) is 5.75 Å². The molecule has 0 bridgehead atoms. The highest BCUT2D eigenvalue weighted by Gasteiger charge is 2.48. The number of aromatic nitrogens is 2. The second-order valence-corrected chi connectivity index (χ2v) is 10.4. The maximum absolute atomic E-state index is 15.3. The molecule has 0 aliphatic carbocycles. The lowest BCUT2D eigenvalue weighted by Gasteiger charge is -2.24. The number of hydrogen-bond acceptors (Lipinski definition) is 9. The summed E-state index contributed by atoms with van der Waals surface area (Å²) in [5.41, 5.74) is 2.78. The zero-order valence-electron chi connectivity index (χ0n) is 19.9. The van der Waals surface area contributed by atoms with E-state index in [1.54, 1.807) is 44.2 Å². The van der Waals surface area contributed by atoms with Crippen LogP contribution in [0.5, 0.6) is 5.75 Å². The van der Waals surface area contributed by atoms with E-state index in [0.717, 1.165) is 4.57 Å². The molecule has 1 aliphatic heterocycles. The largest absolute Gasteiger partial charge is 0.462 e. The molecule has 2 heterocycles. The highest BCUT2D eigenvalue weighted by Crippen LogP contribution is 2.47. The van der Waals surface area contributed by atoms with Crippen LogP contribution in [0.25, 0.3) is 0 Å². The van der Waals surface area contributed by atoms with E-state index in [0.29, 0.717) is 0 Å². The van der Waals surface area contributed by atoms with E-state index in [2.05, 4.69) is 10.1 Å². The van der Waals surface area contributed by atoms with E-state index >= 15 is 4.39 Å². The molecular formula is C22H30FN4O7P. The van der Waals surface area contributed by atoms with Crippen LogP contribution in [0.3, 0.4) is 0 Å². The minimum absolute atomic E-state index is 0.000113. The first-order chi connectivity index (χ1) is 16.4. The highest BCUT2D eigenvalue weighted by molar-refractivity contribution is 7.52. The molecule has 1 aliphatic rings. The number of nitrogen functional groups attached to an aromatic ring is 1. The highest BCUT2D eigenvalue weighted by atomic mass is 31.2. The number of rotatable bonds is 10. The van der Waals surface area contributed by atoms with Gasteiger partial charge in [-0.2, -0.15) is 10.1 Å². The van der Waals surface area contributed by atoms with Gasteiger partial charge in [0.05, 0.1) is 18.8 Å². The first kappa shape index (κ1) is 26.8. The molecule has 1 aromatic heterocycles. The van der Waals surface area contributed by atoms with E-state index in [1.807, 2.05) is 0 Å². The van der Waals surface area contributed by atoms with Gasteiger partial charge >= 0.3 is 19.4 Å². The molecule has 1 aromatic carbocycles. The van der Waals surface area contributed by atoms with E-state index in [-0.39, 0.29) is 30.7 Å². The Hall–Kier alpha value is -2.79. The van der Waals surface area contributed by atoms with Gasteiger partial charge in [0, 0.05) is 12.6 Å². The summed E-state index contributed by atoms with van der Waals surface area (Å²) in [7, 11) is -4.15. The van der Waals surface area contributed by atoms with Crippen molar-refractivity contribution >= 4 is 19.5 Å². The Labute approximate surface area is 202 Å². The number of ether oxygens (including phenoxy) is 2. The van der Waals surface area contributed by atoms with Crippen molar-refractivity contribution in [2.75, 3.05) is 12.3 Å². The van der Waals surface area contributed by atoms with Crippen LogP contribution < -0.4 is 21.0 Å². The number of nitrogens with two attached hydrogens (primary N) is 1. The average Bonchev–Trinajstić information content (AvgIpc) is 3.06. The molecule has 5 unspecified atom stereocenters. The normalized spacial score (nSPS) is 24.6. The molecule has 35 heavy (non-hydrogen) atoms. The third-order valence-electron chi connectivity index (χ3n) is 5.02. The van der Waals surface area contributed by atoms with Crippen molar-refractivity contribution in [1.29, 1.82) is 0 Å². The molecule has 1 fully saturated rings. The fourth-order valence-corrected chi connectivity index (χ4v) is 5.01. The Balaban J connectivity index is 1.74. The van der Waals surface area contributed by atoms with Crippen LogP contribution in [0.1, 0.15) is 40.3 Å². The summed E-state index contributed by atoms with van der Waals surface area (Å²) < 4.78 is 51.9. The molecule has 0 spiro atoms. The second kappa shape index (κ2) is 10.9. The third kappa shape index (κ3) is 7.11. The Morgan fingerprint density at radius 2 is 2.03 bits per heavy atom. The van der Waals surface area contributed by atoms with Gasteiger partial charge in [0.1, 0.15) is 17.6 Å². The molecule has 0 radical (unpaired) electrons. The van der Waals surface area contributed by atoms with Gasteiger partial charge in [-0.1, -0.05) is 18.2 Å². The monoisotopic (exact) mass is 512 g/mol. The molecule has 0 saturated carbocycles. The minimum Gasteiger partial charge on any atom is -0.462 e. The van der Waals surface area contributed by atoms with E-state index in [1.165, 1.54) is 26.1 Å². The molecule has 2 aromatic rings. The SMILES string of the molecule is CC(C)OC(=O)C(C)NP(=O)(OCC1CC(C)(F)C(n2ccc(N)nc2=O)O1)Oc1ccccc1. The Bertz CT molecular complexity index is 1130. The van der Waals surface area contributed by atoms with Gasteiger partial charge in [0.2, 0.25) is 0 Å². The first-order valence-corrected chi connectivity index (χ1v) is 12.6. The Kier molecular flexibility index (Phi) is 8.32. The van der Waals surface area contributed by atoms with Crippen LogP contribution in [0, 0.1) is 0 Å². The van der Waals surface area contributed by atoms with E-state index in [9.17, 15) is 14.2 Å². The summed E-state index contributed by atoms with van der Waals surface area (Å²) in [6, 6.07) is 8.55. The number of esters is 1. The number of nitrogens with one attached hydrogen (secondary N) is 1. The quantitative estimate of drug-likeness (QED) is 0.360. The number of hydrogen-bond donors (Lipinski definition) is 2. The van der Waals surface area contributed by atoms with Crippen LogP contribution in [-0.4, -0.2) is 46.0 Å². The summed E-state index contributed by atoms with van der Waals surface area (Å²) in [5.74, 6) is -0.420. The second-order valence-electron chi connectivity index (χ2n) is 8.67. The Morgan fingerprint density at radius 1 is 1.34 bits per heavy atom. The van der Waals surface area contributed by atoms with Crippen molar-refractivity contribution in [2.45, 2.75) is 64.3 Å².